The first kappa shape index (κ1) is 16.4. The van der Waals surface area contributed by atoms with Gasteiger partial charge in [-0.1, -0.05) is 41.7 Å². The summed E-state index contributed by atoms with van der Waals surface area (Å²) >= 11 is 1.43. The van der Waals surface area contributed by atoms with Crippen LogP contribution in [0.3, 0.4) is 0 Å². The SMILES string of the molecule is CC(=O)N=c1sc2ccccc2n1CC(O)COc1ccccc1. The topological polar surface area (TPSA) is 63.8 Å². The summed E-state index contributed by atoms with van der Waals surface area (Å²) in [7, 11) is 0. The number of hydrogen-bond donors (Lipinski definition) is 1. The second-order valence-electron chi connectivity index (χ2n) is 5.37. The molecule has 0 spiro atoms. The van der Waals surface area contributed by atoms with Crippen LogP contribution in [0.4, 0.5) is 0 Å². The van der Waals surface area contributed by atoms with Crippen molar-refractivity contribution in [3.63, 3.8) is 0 Å². The van der Waals surface area contributed by atoms with E-state index in [0.717, 1.165) is 10.2 Å². The van der Waals surface area contributed by atoms with E-state index in [0.29, 0.717) is 17.1 Å². The lowest BCUT2D eigenvalue weighted by Gasteiger charge is -2.14. The third-order valence-corrected chi connectivity index (χ3v) is 4.48. The predicted octanol–water partition coefficient (Wildman–Crippen LogP) is 2.59. The zero-order chi connectivity index (χ0) is 16.9. The molecule has 1 amide bonds. The molecule has 2 aromatic carbocycles. The van der Waals surface area contributed by atoms with E-state index >= 15 is 0 Å². The average molecular weight is 342 g/mol. The molecule has 3 aromatic rings. The van der Waals surface area contributed by atoms with E-state index in [2.05, 4.69) is 4.99 Å². The number of para-hydroxylation sites is 2. The lowest BCUT2D eigenvalue weighted by atomic mass is 10.3. The molecule has 124 valence electrons. The molecule has 1 unspecified atom stereocenters. The predicted molar refractivity (Wildman–Crippen MR) is 94.0 cm³/mol. The van der Waals surface area contributed by atoms with E-state index in [1.165, 1.54) is 18.3 Å². The van der Waals surface area contributed by atoms with Crippen molar-refractivity contribution in [2.24, 2.45) is 4.99 Å². The number of ether oxygens (including phenoxy) is 1. The summed E-state index contributed by atoms with van der Waals surface area (Å²) in [4.78, 5) is 16.0. The van der Waals surface area contributed by atoms with Gasteiger partial charge in [0.15, 0.2) is 4.80 Å². The van der Waals surface area contributed by atoms with Gasteiger partial charge in [0, 0.05) is 6.92 Å². The number of fused-ring (bicyclic) bond motifs is 1. The van der Waals surface area contributed by atoms with Crippen molar-refractivity contribution in [3.8, 4) is 5.75 Å². The summed E-state index contributed by atoms with van der Waals surface area (Å²) in [6, 6.07) is 17.2. The maximum Gasteiger partial charge on any atom is 0.245 e. The second-order valence-corrected chi connectivity index (χ2v) is 6.38. The number of nitrogens with zero attached hydrogens (tertiary/aromatic N) is 2. The van der Waals surface area contributed by atoms with E-state index in [-0.39, 0.29) is 12.5 Å². The van der Waals surface area contributed by atoms with Gasteiger partial charge in [-0.05, 0) is 24.3 Å². The highest BCUT2D eigenvalue weighted by Gasteiger charge is 2.12. The summed E-state index contributed by atoms with van der Waals surface area (Å²) < 4.78 is 8.48. The van der Waals surface area contributed by atoms with Gasteiger partial charge in [0.2, 0.25) is 5.91 Å². The summed E-state index contributed by atoms with van der Waals surface area (Å²) in [6.45, 7) is 1.90. The largest absolute Gasteiger partial charge is 0.491 e. The van der Waals surface area contributed by atoms with Crippen LogP contribution in [0.15, 0.2) is 59.6 Å². The maximum atomic E-state index is 11.4. The summed E-state index contributed by atoms with van der Waals surface area (Å²) in [6.07, 6.45) is -0.714. The smallest absolute Gasteiger partial charge is 0.245 e. The van der Waals surface area contributed by atoms with E-state index in [9.17, 15) is 9.90 Å². The Morgan fingerprint density at radius 3 is 2.67 bits per heavy atom. The number of amides is 1. The van der Waals surface area contributed by atoms with Gasteiger partial charge in [-0.25, -0.2) is 0 Å². The number of aromatic nitrogens is 1. The Morgan fingerprint density at radius 2 is 1.92 bits per heavy atom. The Morgan fingerprint density at radius 1 is 1.21 bits per heavy atom. The van der Waals surface area contributed by atoms with Crippen LogP contribution in [0, 0.1) is 0 Å². The molecular weight excluding hydrogens is 324 g/mol. The number of thiazole rings is 1. The van der Waals surface area contributed by atoms with Crippen molar-refractivity contribution >= 4 is 27.5 Å². The fraction of sp³-hybridized carbons (Fsp3) is 0.222. The van der Waals surface area contributed by atoms with Gasteiger partial charge >= 0.3 is 0 Å². The normalized spacial score (nSPS) is 13.2. The highest BCUT2D eigenvalue weighted by Crippen LogP contribution is 2.17. The molecule has 1 heterocycles. The fourth-order valence-corrected chi connectivity index (χ4v) is 3.47. The number of carbonyl (C=O) groups is 1. The van der Waals surface area contributed by atoms with Crippen molar-refractivity contribution < 1.29 is 14.6 Å². The number of carbonyl (C=O) groups excluding carboxylic acids is 1. The van der Waals surface area contributed by atoms with Crippen molar-refractivity contribution in [2.45, 2.75) is 19.6 Å². The molecule has 0 fully saturated rings. The lowest BCUT2D eigenvalue weighted by molar-refractivity contribution is -0.116. The quantitative estimate of drug-likeness (QED) is 0.775. The molecule has 0 aliphatic rings. The number of aliphatic hydroxyl groups excluding tert-OH is 1. The van der Waals surface area contributed by atoms with Crippen LogP contribution < -0.4 is 9.54 Å². The van der Waals surface area contributed by atoms with Crippen LogP contribution in [0.25, 0.3) is 10.2 Å². The van der Waals surface area contributed by atoms with Gasteiger partial charge < -0.3 is 14.4 Å². The second kappa shape index (κ2) is 7.42. The third-order valence-electron chi connectivity index (χ3n) is 3.42. The number of benzene rings is 2. The zero-order valence-corrected chi connectivity index (χ0v) is 14.1. The minimum Gasteiger partial charge on any atom is -0.491 e. The van der Waals surface area contributed by atoms with Gasteiger partial charge in [0.05, 0.1) is 16.8 Å². The molecule has 24 heavy (non-hydrogen) atoms. The molecule has 3 rings (SSSR count). The van der Waals surface area contributed by atoms with Crippen LogP contribution in [-0.2, 0) is 11.3 Å². The van der Waals surface area contributed by atoms with Crippen molar-refractivity contribution in [2.75, 3.05) is 6.61 Å². The lowest BCUT2D eigenvalue weighted by Crippen LogP contribution is -2.28. The molecule has 1 N–H and O–H groups in total. The molecule has 1 aromatic heterocycles. The first-order valence-electron chi connectivity index (χ1n) is 7.63. The third kappa shape index (κ3) is 3.90. The van der Waals surface area contributed by atoms with Gasteiger partial charge in [-0.2, -0.15) is 4.99 Å². The Balaban J connectivity index is 1.82. The molecule has 6 heteroatoms. The molecule has 0 aliphatic carbocycles. The molecule has 5 nitrogen and oxygen atoms in total. The van der Waals surface area contributed by atoms with Crippen LogP contribution in [-0.4, -0.2) is 28.3 Å². The van der Waals surface area contributed by atoms with E-state index in [1.54, 1.807) is 0 Å². The monoisotopic (exact) mass is 342 g/mol. The number of rotatable bonds is 5. The number of aliphatic hydroxyl groups is 1. The van der Waals surface area contributed by atoms with Crippen LogP contribution in [0.1, 0.15) is 6.92 Å². The van der Waals surface area contributed by atoms with E-state index < -0.39 is 6.10 Å². The number of hydrogen-bond acceptors (Lipinski definition) is 4. The standard InChI is InChI=1S/C18H18N2O3S/c1-13(21)19-18-20(16-9-5-6-10-17(16)24-18)11-14(22)12-23-15-7-3-2-4-8-15/h2-10,14,22H,11-12H2,1H3. The highest BCUT2D eigenvalue weighted by atomic mass is 32.1. The van der Waals surface area contributed by atoms with Crippen LogP contribution >= 0.6 is 11.3 Å². The Labute approximate surface area is 143 Å². The molecule has 0 saturated carbocycles. The summed E-state index contributed by atoms with van der Waals surface area (Å²) in [5, 5.41) is 10.3. The first-order valence-corrected chi connectivity index (χ1v) is 8.45. The first-order chi connectivity index (χ1) is 11.6. The minimum absolute atomic E-state index is 0.167. The van der Waals surface area contributed by atoms with E-state index in [1.807, 2.05) is 59.2 Å². The zero-order valence-electron chi connectivity index (χ0n) is 13.3. The average Bonchev–Trinajstić information content (AvgIpc) is 2.91. The van der Waals surface area contributed by atoms with Gasteiger partial charge in [-0.15, -0.1) is 0 Å². The molecule has 0 saturated heterocycles. The Hall–Kier alpha value is -2.44. The van der Waals surface area contributed by atoms with Crippen molar-refractivity contribution in [1.82, 2.24) is 4.57 Å². The Bertz CT molecular complexity index is 899. The van der Waals surface area contributed by atoms with Gasteiger partial charge in [0.25, 0.3) is 0 Å². The molecular formula is C18H18N2O3S. The van der Waals surface area contributed by atoms with Crippen LogP contribution in [0.2, 0.25) is 0 Å². The fourth-order valence-electron chi connectivity index (χ4n) is 2.39. The van der Waals surface area contributed by atoms with Crippen molar-refractivity contribution in [1.29, 1.82) is 0 Å². The Kier molecular flexibility index (Phi) is 5.08. The minimum atomic E-state index is -0.714. The molecule has 0 radical (unpaired) electrons. The molecule has 0 aliphatic heterocycles. The maximum absolute atomic E-state index is 11.4. The molecule has 0 bridgehead atoms. The van der Waals surface area contributed by atoms with Gasteiger partial charge in [0.1, 0.15) is 18.5 Å². The van der Waals surface area contributed by atoms with E-state index in [4.69, 9.17) is 4.74 Å². The van der Waals surface area contributed by atoms with Crippen molar-refractivity contribution in [3.05, 3.63) is 59.4 Å². The summed E-state index contributed by atoms with van der Waals surface area (Å²) in [5.74, 6) is 0.454. The van der Waals surface area contributed by atoms with Crippen LogP contribution in [0.5, 0.6) is 5.75 Å². The molecule has 1 atom stereocenters. The highest BCUT2D eigenvalue weighted by molar-refractivity contribution is 7.16. The summed E-state index contributed by atoms with van der Waals surface area (Å²) in [5.41, 5.74) is 0.946. The van der Waals surface area contributed by atoms with Gasteiger partial charge in [-0.3, -0.25) is 4.79 Å².